The zero-order valence-corrected chi connectivity index (χ0v) is 20.4. The van der Waals surface area contributed by atoms with Crippen LogP contribution in [-0.4, -0.2) is 49.6 Å². The van der Waals surface area contributed by atoms with Crippen molar-refractivity contribution in [3.05, 3.63) is 89.2 Å². The van der Waals surface area contributed by atoms with Crippen molar-refractivity contribution in [2.75, 3.05) is 37.7 Å². The standard InChI is InChI=1S/C28H31FN4O2/c1-4-35-26-11-5-22(6-12-26)27(34)31-28(30-24-18-20(2)17-21(3)19-24)33-15-13-32(14-16-33)25-9-7-23(29)8-10-25/h5-12,17-19H,4,13-16H2,1-3H3,(H,30,31,34). The van der Waals surface area contributed by atoms with Gasteiger partial charge in [-0.05, 0) is 92.6 Å². The Morgan fingerprint density at radius 3 is 2.17 bits per heavy atom. The van der Waals surface area contributed by atoms with Gasteiger partial charge in [0, 0.05) is 37.4 Å². The van der Waals surface area contributed by atoms with Crippen LogP contribution in [0, 0.1) is 19.7 Å². The lowest BCUT2D eigenvalue weighted by molar-refractivity contribution is 0.0971. The number of nitrogens with zero attached hydrogens (tertiary/aromatic N) is 3. The Hall–Kier alpha value is -3.87. The Bertz CT molecular complexity index is 1160. The van der Waals surface area contributed by atoms with Gasteiger partial charge in [0.05, 0.1) is 12.3 Å². The minimum absolute atomic E-state index is 0.225. The number of hydrogen-bond acceptors (Lipinski definition) is 4. The van der Waals surface area contributed by atoms with Gasteiger partial charge in [0.25, 0.3) is 5.91 Å². The van der Waals surface area contributed by atoms with Crippen LogP contribution in [0.1, 0.15) is 28.4 Å². The summed E-state index contributed by atoms with van der Waals surface area (Å²) in [6.45, 7) is 9.37. The predicted octanol–water partition coefficient (Wildman–Crippen LogP) is 5.08. The molecule has 3 aromatic carbocycles. The van der Waals surface area contributed by atoms with E-state index in [-0.39, 0.29) is 11.7 Å². The number of aryl methyl sites for hydroxylation is 2. The first-order valence-corrected chi connectivity index (χ1v) is 11.9. The van der Waals surface area contributed by atoms with Crippen molar-refractivity contribution in [2.45, 2.75) is 20.8 Å². The molecule has 7 heteroatoms. The summed E-state index contributed by atoms with van der Waals surface area (Å²) in [5.41, 5.74) is 4.54. The Morgan fingerprint density at radius 1 is 0.943 bits per heavy atom. The predicted molar refractivity (Wildman–Crippen MR) is 138 cm³/mol. The van der Waals surface area contributed by atoms with Crippen molar-refractivity contribution in [1.29, 1.82) is 0 Å². The maximum Gasteiger partial charge on any atom is 0.257 e. The first-order chi connectivity index (χ1) is 16.9. The third kappa shape index (κ3) is 6.38. The number of hydrogen-bond donors (Lipinski definition) is 1. The van der Waals surface area contributed by atoms with Gasteiger partial charge in [0.1, 0.15) is 11.6 Å². The summed E-state index contributed by atoms with van der Waals surface area (Å²) in [7, 11) is 0. The van der Waals surface area contributed by atoms with Crippen LogP contribution in [0.3, 0.4) is 0 Å². The van der Waals surface area contributed by atoms with Crippen LogP contribution in [-0.2, 0) is 0 Å². The third-order valence-electron chi connectivity index (χ3n) is 5.87. The molecule has 1 heterocycles. The monoisotopic (exact) mass is 474 g/mol. The van der Waals surface area contributed by atoms with Crippen LogP contribution in [0.15, 0.2) is 71.7 Å². The van der Waals surface area contributed by atoms with Gasteiger partial charge >= 0.3 is 0 Å². The van der Waals surface area contributed by atoms with Crippen LogP contribution in [0.2, 0.25) is 0 Å². The van der Waals surface area contributed by atoms with E-state index in [1.54, 1.807) is 36.4 Å². The van der Waals surface area contributed by atoms with Crippen LogP contribution in [0.25, 0.3) is 0 Å². The number of amides is 1. The van der Waals surface area contributed by atoms with Gasteiger partial charge in [-0.15, -0.1) is 0 Å². The van der Waals surface area contributed by atoms with E-state index in [9.17, 15) is 9.18 Å². The van der Waals surface area contributed by atoms with Gasteiger partial charge in [-0.1, -0.05) is 6.07 Å². The molecule has 1 saturated heterocycles. The fraction of sp³-hybridized carbons (Fsp3) is 0.286. The number of piperazine rings is 1. The molecule has 0 atom stereocenters. The smallest absolute Gasteiger partial charge is 0.257 e. The molecular formula is C28H31FN4O2. The number of nitrogens with one attached hydrogen (secondary N) is 1. The highest BCUT2D eigenvalue weighted by Crippen LogP contribution is 2.20. The minimum Gasteiger partial charge on any atom is -0.494 e. The number of guanidine groups is 1. The maximum atomic E-state index is 13.3. The van der Waals surface area contributed by atoms with Gasteiger partial charge in [-0.25, -0.2) is 9.38 Å². The average molecular weight is 475 g/mol. The summed E-state index contributed by atoms with van der Waals surface area (Å²) in [4.78, 5) is 22.2. The first kappa shape index (κ1) is 24.3. The van der Waals surface area contributed by atoms with E-state index in [0.29, 0.717) is 31.2 Å². The summed E-state index contributed by atoms with van der Waals surface area (Å²) in [6, 6.07) is 19.7. The summed E-state index contributed by atoms with van der Waals surface area (Å²) < 4.78 is 18.8. The van der Waals surface area contributed by atoms with Gasteiger partial charge in [0.15, 0.2) is 0 Å². The van der Waals surface area contributed by atoms with Crippen LogP contribution < -0.4 is 15.0 Å². The summed E-state index contributed by atoms with van der Waals surface area (Å²) in [5.74, 6) is 0.780. The molecule has 0 aromatic heterocycles. The van der Waals surface area contributed by atoms with E-state index < -0.39 is 0 Å². The molecule has 1 N–H and O–H groups in total. The van der Waals surface area contributed by atoms with Crippen molar-refractivity contribution in [2.24, 2.45) is 4.99 Å². The molecule has 3 aromatic rings. The first-order valence-electron chi connectivity index (χ1n) is 11.9. The second-order valence-corrected chi connectivity index (χ2v) is 8.64. The maximum absolute atomic E-state index is 13.3. The molecule has 35 heavy (non-hydrogen) atoms. The second-order valence-electron chi connectivity index (χ2n) is 8.64. The van der Waals surface area contributed by atoms with E-state index in [1.807, 2.05) is 32.9 Å². The number of carbonyl (C=O) groups is 1. The van der Waals surface area contributed by atoms with E-state index in [0.717, 1.165) is 41.3 Å². The molecule has 0 aliphatic carbocycles. The Labute approximate surface area is 206 Å². The van der Waals surface area contributed by atoms with Crippen LogP contribution >= 0.6 is 0 Å². The Kier molecular flexibility index (Phi) is 7.65. The second kappa shape index (κ2) is 11.0. The van der Waals surface area contributed by atoms with E-state index >= 15 is 0 Å². The molecule has 0 bridgehead atoms. The SMILES string of the molecule is CCOc1ccc(C(=O)NC(=Nc2cc(C)cc(C)c2)N2CCN(c3ccc(F)cc3)CC2)cc1. The Balaban J connectivity index is 1.54. The lowest BCUT2D eigenvalue weighted by atomic mass is 10.1. The van der Waals surface area contributed by atoms with Gasteiger partial charge < -0.3 is 14.5 Å². The zero-order valence-electron chi connectivity index (χ0n) is 20.4. The quantitative estimate of drug-likeness (QED) is 0.414. The number of rotatable bonds is 5. The topological polar surface area (TPSA) is 57.2 Å². The van der Waals surface area contributed by atoms with Crippen molar-refractivity contribution in [3.8, 4) is 5.75 Å². The van der Waals surface area contributed by atoms with E-state index in [1.165, 1.54) is 12.1 Å². The van der Waals surface area contributed by atoms with E-state index in [4.69, 9.17) is 9.73 Å². The van der Waals surface area contributed by atoms with Crippen LogP contribution in [0.5, 0.6) is 5.75 Å². The third-order valence-corrected chi connectivity index (χ3v) is 5.87. The number of carbonyl (C=O) groups excluding carboxylic acids is 1. The van der Waals surface area contributed by atoms with E-state index in [2.05, 4.69) is 21.2 Å². The highest BCUT2D eigenvalue weighted by molar-refractivity contribution is 6.06. The number of aliphatic imine (C=N–C) groups is 1. The molecule has 0 saturated carbocycles. The Morgan fingerprint density at radius 2 is 1.57 bits per heavy atom. The minimum atomic E-state index is -0.243. The molecule has 1 aliphatic rings. The summed E-state index contributed by atoms with van der Waals surface area (Å²) in [5, 5.41) is 3.03. The van der Waals surface area contributed by atoms with Gasteiger partial charge in [-0.3, -0.25) is 10.1 Å². The number of anilines is 1. The zero-order chi connectivity index (χ0) is 24.8. The molecule has 1 amide bonds. The molecular weight excluding hydrogens is 443 g/mol. The van der Waals surface area contributed by atoms with Gasteiger partial charge in [0.2, 0.25) is 5.96 Å². The molecule has 1 aliphatic heterocycles. The fourth-order valence-electron chi connectivity index (χ4n) is 4.19. The number of halogens is 1. The molecule has 182 valence electrons. The lowest BCUT2D eigenvalue weighted by Crippen LogP contribution is -2.53. The number of benzene rings is 3. The average Bonchev–Trinajstić information content (AvgIpc) is 2.84. The molecule has 0 radical (unpaired) electrons. The summed E-state index contributed by atoms with van der Waals surface area (Å²) >= 11 is 0. The molecule has 1 fully saturated rings. The van der Waals surface area contributed by atoms with Crippen LogP contribution in [0.4, 0.5) is 15.8 Å². The molecule has 0 unspecified atom stereocenters. The molecule has 6 nitrogen and oxygen atoms in total. The molecule has 0 spiro atoms. The highest BCUT2D eigenvalue weighted by atomic mass is 19.1. The number of ether oxygens (including phenoxy) is 1. The van der Waals surface area contributed by atoms with Crippen molar-refractivity contribution < 1.29 is 13.9 Å². The van der Waals surface area contributed by atoms with Gasteiger partial charge in [-0.2, -0.15) is 0 Å². The molecule has 4 rings (SSSR count). The normalized spacial score (nSPS) is 14.1. The largest absolute Gasteiger partial charge is 0.494 e. The van der Waals surface area contributed by atoms with Crippen molar-refractivity contribution >= 4 is 23.2 Å². The van der Waals surface area contributed by atoms with Crippen molar-refractivity contribution in [3.63, 3.8) is 0 Å². The fourth-order valence-corrected chi connectivity index (χ4v) is 4.19. The highest BCUT2D eigenvalue weighted by Gasteiger charge is 2.22. The summed E-state index contributed by atoms with van der Waals surface area (Å²) in [6.07, 6.45) is 0. The van der Waals surface area contributed by atoms with Crippen molar-refractivity contribution in [1.82, 2.24) is 10.2 Å². The lowest BCUT2D eigenvalue weighted by Gasteiger charge is -2.37.